The molecule has 25 heavy (non-hydrogen) atoms. The highest BCUT2D eigenvalue weighted by atomic mass is 16.5. The molecule has 0 heterocycles. The van der Waals surface area contributed by atoms with E-state index in [-0.39, 0.29) is 17.3 Å². The van der Waals surface area contributed by atoms with E-state index in [0.717, 1.165) is 11.6 Å². The standard InChI is InChI=1S/C19H18O6/c1-23-13(10-9-12-7-5-4-6-8-12)11-14(20)15-16(21)18(24-2)19(25-3)17(15)22/h4-11,21H,1-3H3/b10-9+,13-11+. The lowest BCUT2D eigenvalue weighted by atomic mass is 10.1. The lowest BCUT2D eigenvalue weighted by Crippen LogP contribution is -2.12. The number of ketones is 2. The van der Waals surface area contributed by atoms with Crippen LogP contribution in [-0.4, -0.2) is 38.0 Å². The van der Waals surface area contributed by atoms with Crippen molar-refractivity contribution >= 4 is 17.6 Å². The molecule has 1 aliphatic carbocycles. The van der Waals surface area contributed by atoms with Crippen LogP contribution in [-0.2, 0) is 23.8 Å². The molecule has 130 valence electrons. The number of Topliss-reactive ketones (excluding diaryl/α,β-unsaturated/α-hetero) is 1. The van der Waals surface area contributed by atoms with Crippen molar-refractivity contribution < 1.29 is 28.9 Å². The fourth-order valence-electron chi connectivity index (χ4n) is 2.27. The molecule has 0 aromatic heterocycles. The Morgan fingerprint density at radius 1 is 1.04 bits per heavy atom. The normalized spacial score (nSPS) is 15.2. The first kappa shape index (κ1) is 18.1. The molecular formula is C19H18O6. The van der Waals surface area contributed by atoms with Crippen LogP contribution in [0.1, 0.15) is 5.56 Å². The minimum Gasteiger partial charge on any atom is -0.504 e. The Labute approximate surface area is 145 Å². The highest BCUT2D eigenvalue weighted by molar-refractivity contribution is 6.31. The molecule has 0 saturated carbocycles. The minimum absolute atomic E-state index is 0.164. The quantitative estimate of drug-likeness (QED) is 0.355. The van der Waals surface area contributed by atoms with Crippen LogP contribution in [0.15, 0.2) is 71.1 Å². The summed E-state index contributed by atoms with van der Waals surface area (Å²) >= 11 is 0. The van der Waals surface area contributed by atoms with Crippen LogP contribution in [0.25, 0.3) is 6.08 Å². The number of benzene rings is 1. The van der Waals surface area contributed by atoms with Crippen molar-refractivity contribution in [3.8, 4) is 0 Å². The van der Waals surface area contributed by atoms with Gasteiger partial charge in [-0.3, -0.25) is 9.59 Å². The summed E-state index contributed by atoms with van der Waals surface area (Å²) in [6, 6.07) is 9.43. The Kier molecular flexibility index (Phi) is 5.79. The number of carbonyl (C=O) groups excluding carboxylic acids is 2. The molecule has 2 rings (SSSR count). The van der Waals surface area contributed by atoms with E-state index < -0.39 is 22.9 Å². The molecule has 0 fully saturated rings. The van der Waals surface area contributed by atoms with E-state index in [4.69, 9.17) is 14.2 Å². The van der Waals surface area contributed by atoms with Crippen LogP contribution >= 0.6 is 0 Å². The number of methoxy groups -OCH3 is 3. The second kappa shape index (κ2) is 8.01. The van der Waals surface area contributed by atoms with Crippen LogP contribution < -0.4 is 0 Å². The number of aliphatic hydroxyl groups is 1. The third-order valence-electron chi connectivity index (χ3n) is 3.49. The van der Waals surface area contributed by atoms with Gasteiger partial charge in [0, 0.05) is 6.08 Å². The summed E-state index contributed by atoms with van der Waals surface area (Å²) in [7, 11) is 3.93. The van der Waals surface area contributed by atoms with Gasteiger partial charge in [-0.1, -0.05) is 36.4 Å². The molecular weight excluding hydrogens is 324 g/mol. The van der Waals surface area contributed by atoms with E-state index in [1.165, 1.54) is 21.3 Å². The van der Waals surface area contributed by atoms with E-state index in [9.17, 15) is 14.7 Å². The first-order chi connectivity index (χ1) is 12.0. The first-order valence-corrected chi connectivity index (χ1v) is 7.37. The van der Waals surface area contributed by atoms with Gasteiger partial charge >= 0.3 is 0 Å². The maximum Gasteiger partial charge on any atom is 0.239 e. The van der Waals surface area contributed by atoms with E-state index in [1.807, 2.05) is 30.3 Å². The van der Waals surface area contributed by atoms with Gasteiger partial charge in [0.2, 0.25) is 17.3 Å². The Balaban J connectivity index is 2.27. The zero-order valence-corrected chi connectivity index (χ0v) is 14.1. The molecule has 0 spiro atoms. The van der Waals surface area contributed by atoms with Gasteiger partial charge in [-0.2, -0.15) is 0 Å². The summed E-state index contributed by atoms with van der Waals surface area (Å²) < 4.78 is 15.0. The Morgan fingerprint density at radius 2 is 1.68 bits per heavy atom. The summed E-state index contributed by atoms with van der Waals surface area (Å²) in [4.78, 5) is 24.6. The average Bonchev–Trinajstić information content (AvgIpc) is 2.88. The predicted molar refractivity (Wildman–Crippen MR) is 91.3 cm³/mol. The molecule has 0 radical (unpaired) electrons. The van der Waals surface area contributed by atoms with Gasteiger partial charge in [0.1, 0.15) is 11.3 Å². The van der Waals surface area contributed by atoms with Crippen molar-refractivity contribution in [1.82, 2.24) is 0 Å². The number of hydrogen-bond acceptors (Lipinski definition) is 6. The van der Waals surface area contributed by atoms with Gasteiger partial charge in [0.05, 0.1) is 21.3 Å². The third kappa shape index (κ3) is 3.80. The Morgan fingerprint density at radius 3 is 2.20 bits per heavy atom. The molecule has 0 saturated heterocycles. The zero-order chi connectivity index (χ0) is 18.4. The van der Waals surface area contributed by atoms with E-state index in [2.05, 4.69) is 0 Å². The molecule has 0 amide bonds. The summed E-state index contributed by atoms with van der Waals surface area (Å²) in [5.41, 5.74) is 0.498. The zero-order valence-electron chi connectivity index (χ0n) is 14.1. The van der Waals surface area contributed by atoms with Gasteiger partial charge in [-0.25, -0.2) is 0 Å². The summed E-state index contributed by atoms with van der Waals surface area (Å²) in [5.74, 6) is -2.14. The van der Waals surface area contributed by atoms with E-state index >= 15 is 0 Å². The van der Waals surface area contributed by atoms with E-state index in [1.54, 1.807) is 12.2 Å². The Bertz CT molecular complexity index is 796. The van der Waals surface area contributed by atoms with Gasteiger partial charge in [-0.15, -0.1) is 0 Å². The fourth-order valence-corrected chi connectivity index (χ4v) is 2.27. The minimum atomic E-state index is -0.736. The molecule has 0 unspecified atom stereocenters. The number of ether oxygens (including phenoxy) is 3. The maximum atomic E-state index is 12.4. The molecule has 1 aromatic rings. The molecule has 6 nitrogen and oxygen atoms in total. The molecule has 0 bridgehead atoms. The topological polar surface area (TPSA) is 82.1 Å². The van der Waals surface area contributed by atoms with Crippen molar-refractivity contribution in [2.45, 2.75) is 0 Å². The molecule has 1 N–H and O–H groups in total. The van der Waals surface area contributed by atoms with Gasteiger partial charge in [0.15, 0.2) is 11.5 Å². The third-order valence-corrected chi connectivity index (χ3v) is 3.49. The van der Waals surface area contributed by atoms with Crippen molar-refractivity contribution in [2.75, 3.05) is 21.3 Å². The van der Waals surface area contributed by atoms with Crippen molar-refractivity contribution in [1.29, 1.82) is 0 Å². The van der Waals surface area contributed by atoms with Gasteiger partial charge in [0.25, 0.3) is 0 Å². The smallest absolute Gasteiger partial charge is 0.239 e. The van der Waals surface area contributed by atoms with Gasteiger partial charge < -0.3 is 19.3 Å². The van der Waals surface area contributed by atoms with Crippen molar-refractivity contribution in [3.63, 3.8) is 0 Å². The SMILES string of the molecule is COC1=C(OC)C(O)=C(C(=O)/C=C(\C=C\c2ccccc2)OC)C1=O. The highest BCUT2D eigenvalue weighted by Gasteiger charge is 2.38. The van der Waals surface area contributed by atoms with Crippen LogP contribution in [0.5, 0.6) is 0 Å². The van der Waals surface area contributed by atoms with Crippen LogP contribution in [0.3, 0.4) is 0 Å². The summed E-state index contributed by atoms with van der Waals surface area (Å²) in [6.07, 6.45) is 4.47. The number of allylic oxidation sites excluding steroid dienone is 3. The van der Waals surface area contributed by atoms with Crippen LogP contribution in [0.2, 0.25) is 0 Å². The maximum absolute atomic E-state index is 12.4. The molecule has 0 atom stereocenters. The van der Waals surface area contributed by atoms with Crippen molar-refractivity contribution in [3.05, 3.63) is 76.7 Å². The predicted octanol–water partition coefficient (Wildman–Crippen LogP) is 2.70. The fraction of sp³-hybridized carbons (Fsp3) is 0.158. The first-order valence-electron chi connectivity index (χ1n) is 7.37. The highest BCUT2D eigenvalue weighted by Crippen LogP contribution is 2.29. The molecule has 1 aromatic carbocycles. The van der Waals surface area contributed by atoms with Gasteiger partial charge in [-0.05, 0) is 11.6 Å². The second-order valence-electron chi connectivity index (χ2n) is 4.98. The number of carbonyl (C=O) groups is 2. The lowest BCUT2D eigenvalue weighted by molar-refractivity contribution is -0.119. The number of rotatable bonds is 7. The monoisotopic (exact) mass is 342 g/mol. The number of hydrogen-bond donors (Lipinski definition) is 1. The van der Waals surface area contributed by atoms with Crippen LogP contribution in [0.4, 0.5) is 0 Å². The molecule has 6 heteroatoms. The second-order valence-corrected chi connectivity index (χ2v) is 4.98. The van der Waals surface area contributed by atoms with E-state index in [0.29, 0.717) is 0 Å². The largest absolute Gasteiger partial charge is 0.504 e. The molecule has 0 aliphatic heterocycles. The summed E-state index contributed by atoms with van der Waals surface area (Å²) in [6.45, 7) is 0. The lowest BCUT2D eigenvalue weighted by Gasteiger charge is -2.02. The molecule has 1 aliphatic rings. The van der Waals surface area contributed by atoms with Crippen molar-refractivity contribution in [2.24, 2.45) is 0 Å². The summed E-state index contributed by atoms with van der Waals surface area (Å²) in [5, 5.41) is 10.1. The number of aliphatic hydroxyl groups excluding tert-OH is 1. The van der Waals surface area contributed by atoms with Crippen LogP contribution in [0, 0.1) is 0 Å². The average molecular weight is 342 g/mol. The Hall–Kier alpha value is -3.28.